The summed E-state index contributed by atoms with van der Waals surface area (Å²) in [5.41, 5.74) is 9.30. The maximum Gasteiger partial charge on any atom is 0.249 e. The van der Waals surface area contributed by atoms with Crippen molar-refractivity contribution in [3.63, 3.8) is 0 Å². The van der Waals surface area contributed by atoms with Crippen molar-refractivity contribution >= 4 is 15.9 Å². The van der Waals surface area contributed by atoms with Crippen LogP contribution in [0.2, 0.25) is 0 Å². The van der Waals surface area contributed by atoms with Crippen LogP contribution in [-0.2, 0) is 16.6 Å². The molecule has 3 aromatic carbocycles. The highest BCUT2D eigenvalue weighted by Crippen LogP contribution is 2.24. The molecule has 8 heteroatoms. The number of nitrogens with zero attached hydrogens (tertiary/aromatic N) is 2. The summed E-state index contributed by atoms with van der Waals surface area (Å²) >= 11 is 0. The van der Waals surface area contributed by atoms with Crippen molar-refractivity contribution < 1.29 is 13.2 Å². The van der Waals surface area contributed by atoms with Gasteiger partial charge in [-0.1, -0.05) is 54.6 Å². The van der Waals surface area contributed by atoms with Crippen LogP contribution in [0.5, 0.6) is 0 Å². The van der Waals surface area contributed by atoms with Crippen molar-refractivity contribution in [2.45, 2.75) is 18.4 Å². The van der Waals surface area contributed by atoms with Crippen LogP contribution in [0.3, 0.4) is 0 Å². The standard InChI is InChI=1S/C24H22N4O3S/c1-17-12-13-21(14-22(17)24(25)29)32(30,31)26-15-19-16-28(20-10-6-3-7-11-20)27-23(19)18-8-4-2-5-9-18/h2-14,16,26H,15H2,1H3,(H2,25,29). The molecule has 162 valence electrons. The third-order valence-electron chi connectivity index (χ3n) is 5.10. The Bertz CT molecular complexity index is 1370. The predicted molar refractivity (Wildman–Crippen MR) is 123 cm³/mol. The molecule has 32 heavy (non-hydrogen) atoms. The van der Waals surface area contributed by atoms with Gasteiger partial charge in [0.05, 0.1) is 16.3 Å². The summed E-state index contributed by atoms with van der Waals surface area (Å²) in [6.45, 7) is 1.73. The molecule has 7 nitrogen and oxygen atoms in total. The average Bonchev–Trinajstić information content (AvgIpc) is 3.23. The SMILES string of the molecule is Cc1ccc(S(=O)(=O)NCc2cn(-c3ccccc3)nc2-c2ccccc2)cc1C(N)=O. The Morgan fingerprint density at radius 3 is 2.31 bits per heavy atom. The van der Waals surface area contributed by atoms with Gasteiger partial charge in [-0.3, -0.25) is 4.79 Å². The van der Waals surface area contributed by atoms with Gasteiger partial charge in [-0.15, -0.1) is 0 Å². The summed E-state index contributed by atoms with van der Waals surface area (Å²) in [5, 5.41) is 4.69. The van der Waals surface area contributed by atoms with E-state index in [1.807, 2.05) is 66.9 Å². The predicted octanol–water partition coefficient (Wildman–Crippen LogP) is 3.43. The zero-order valence-electron chi connectivity index (χ0n) is 17.4. The number of primary amides is 1. The van der Waals surface area contributed by atoms with Crippen LogP contribution < -0.4 is 10.5 Å². The number of sulfonamides is 1. The van der Waals surface area contributed by atoms with Crippen molar-refractivity contribution in [2.24, 2.45) is 5.73 Å². The number of rotatable bonds is 7. The van der Waals surface area contributed by atoms with E-state index in [0.717, 1.165) is 11.3 Å². The molecule has 0 aliphatic carbocycles. The zero-order chi connectivity index (χ0) is 22.7. The van der Waals surface area contributed by atoms with Gasteiger partial charge in [0.25, 0.3) is 0 Å². The normalized spacial score (nSPS) is 11.4. The molecule has 0 radical (unpaired) electrons. The lowest BCUT2D eigenvalue weighted by atomic mass is 10.1. The van der Waals surface area contributed by atoms with Gasteiger partial charge < -0.3 is 5.73 Å². The Hall–Kier alpha value is -3.75. The number of nitrogens with one attached hydrogen (secondary N) is 1. The van der Waals surface area contributed by atoms with Crippen LogP contribution >= 0.6 is 0 Å². The van der Waals surface area contributed by atoms with Crippen molar-refractivity contribution in [2.75, 3.05) is 0 Å². The van der Waals surface area contributed by atoms with Gasteiger partial charge in [-0.05, 0) is 36.8 Å². The fraction of sp³-hybridized carbons (Fsp3) is 0.0833. The van der Waals surface area contributed by atoms with E-state index in [1.165, 1.54) is 12.1 Å². The van der Waals surface area contributed by atoms with Gasteiger partial charge in [0.2, 0.25) is 15.9 Å². The summed E-state index contributed by atoms with van der Waals surface area (Å²) in [4.78, 5) is 11.6. The molecule has 4 aromatic rings. The van der Waals surface area contributed by atoms with Gasteiger partial charge in [0.15, 0.2) is 0 Å². The topological polar surface area (TPSA) is 107 Å². The Kier molecular flexibility index (Phi) is 5.89. The van der Waals surface area contributed by atoms with E-state index in [4.69, 9.17) is 10.8 Å². The number of amides is 1. The molecule has 3 N–H and O–H groups in total. The highest BCUT2D eigenvalue weighted by Gasteiger charge is 2.19. The van der Waals surface area contributed by atoms with Gasteiger partial charge in [-0.25, -0.2) is 17.8 Å². The number of para-hydroxylation sites is 1. The molecule has 4 rings (SSSR count). The van der Waals surface area contributed by atoms with Crippen LogP contribution in [0.4, 0.5) is 0 Å². The molecule has 0 spiro atoms. The summed E-state index contributed by atoms with van der Waals surface area (Å²) in [6, 6.07) is 23.5. The largest absolute Gasteiger partial charge is 0.366 e. The minimum Gasteiger partial charge on any atom is -0.366 e. The second kappa shape index (κ2) is 8.78. The van der Waals surface area contributed by atoms with E-state index in [-0.39, 0.29) is 17.0 Å². The van der Waals surface area contributed by atoms with E-state index < -0.39 is 15.9 Å². The Morgan fingerprint density at radius 1 is 1.00 bits per heavy atom. The second-order valence-corrected chi connectivity index (χ2v) is 9.08. The monoisotopic (exact) mass is 446 g/mol. The van der Waals surface area contributed by atoms with Gasteiger partial charge in [-0.2, -0.15) is 5.10 Å². The zero-order valence-corrected chi connectivity index (χ0v) is 18.2. The first kappa shape index (κ1) is 21.5. The van der Waals surface area contributed by atoms with Crippen molar-refractivity contribution in [3.05, 3.63) is 102 Å². The molecule has 1 amide bonds. The van der Waals surface area contributed by atoms with Crippen molar-refractivity contribution in [3.8, 4) is 16.9 Å². The molecule has 1 aromatic heterocycles. The van der Waals surface area contributed by atoms with Crippen molar-refractivity contribution in [1.29, 1.82) is 0 Å². The van der Waals surface area contributed by atoms with E-state index in [1.54, 1.807) is 17.7 Å². The highest BCUT2D eigenvalue weighted by molar-refractivity contribution is 7.89. The number of carbonyl (C=O) groups is 1. The van der Waals surface area contributed by atoms with Gasteiger partial charge in [0, 0.05) is 29.4 Å². The molecule has 0 aliphatic rings. The molecular weight excluding hydrogens is 424 g/mol. The molecule has 1 heterocycles. The number of nitrogens with two attached hydrogens (primary N) is 1. The number of aromatic nitrogens is 2. The minimum absolute atomic E-state index is 0.0198. The molecule has 0 fully saturated rings. The Labute approximate surface area is 186 Å². The quantitative estimate of drug-likeness (QED) is 0.453. The third-order valence-corrected chi connectivity index (χ3v) is 6.49. The number of carbonyl (C=O) groups excluding carboxylic acids is 1. The second-order valence-electron chi connectivity index (χ2n) is 7.31. The summed E-state index contributed by atoms with van der Waals surface area (Å²) in [7, 11) is -3.88. The summed E-state index contributed by atoms with van der Waals surface area (Å²) < 4.78 is 30.2. The number of hydrogen-bond acceptors (Lipinski definition) is 4. The van der Waals surface area contributed by atoms with Crippen LogP contribution in [0.15, 0.2) is 90.0 Å². The third kappa shape index (κ3) is 4.46. The lowest BCUT2D eigenvalue weighted by Gasteiger charge is -2.09. The first-order valence-corrected chi connectivity index (χ1v) is 11.4. The van der Waals surface area contributed by atoms with Crippen LogP contribution in [0.25, 0.3) is 16.9 Å². The molecule has 0 unspecified atom stereocenters. The fourth-order valence-corrected chi connectivity index (χ4v) is 4.41. The molecule has 0 bridgehead atoms. The van der Waals surface area contributed by atoms with E-state index >= 15 is 0 Å². The number of hydrogen-bond donors (Lipinski definition) is 2. The highest BCUT2D eigenvalue weighted by atomic mass is 32.2. The van der Waals surface area contributed by atoms with Crippen LogP contribution in [0, 0.1) is 6.92 Å². The minimum atomic E-state index is -3.88. The van der Waals surface area contributed by atoms with Gasteiger partial charge in [0.1, 0.15) is 0 Å². The van der Waals surface area contributed by atoms with Gasteiger partial charge >= 0.3 is 0 Å². The Morgan fingerprint density at radius 2 is 1.66 bits per heavy atom. The van der Waals surface area contributed by atoms with Crippen molar-refractivity contribution in [1.82, 2.24) is 14.5 Å². The first-order valence-electron chi connectivity index (χ1n) is 9.94. The molecule has 0 saturated carbocycles. The molecular formula is C24H22N4O3S. The summed E-state index contributed by atoms with van der Waals surface area (Å²) in [5.74, 6) is -0.671. The molecule has 0 saturated heterocycles. The molecule has 0 aliphatic heterocycles. The lowest BCUT2D eigenvalue weighted by molar-refractivity contribution is 0.0999. The number of benzene rings is 3. The summed E-state index contributed by atoms with van der Waals surface area (Å²) in [6.07, 6.45) is 1.81. The molecule has 0 atom stereocenters. The maximum atomic E-state index is 12.9. The lowest BCUT2D eigenvalue weighted by Crippen LogP contribution is -2.24. The van der Waals surface area contributed by atoms with Crippen LogP contribution in [-0.4, -0.2) is 24.1 Å². The van der Waals surface area contributed by atoms with E-state index in [2.05, 4.69) is 4.72 Å². The van der Waals surface area contributed by atoms with E-state index in [9.17, 15) is 13.2 Å². The van der Waals surface area contributed by atoms with E-state index in [0.29, 0.717) is 16.8 Å². The maximum absolute atomic E-state index is 12.9. The van der Waals surface area contributed by atoms with Crippen LogP contribution in [0.1, 0.15) is 21.5 Å². The number of aryl methyl sites for hydroxylation is 1. The smallest absolute Gasteiger partial charge is 0.249 e. The fourth-order valence-electron chi connectivity index (χ4n) is 3.38. The average molecular weight is 447 g/mol. The first-order chi connectivity index (χ1) is 15.3. The Balaban J connectivity index is 1.67.